The quantitative estimate of drug-likeness (QED) is 0.483. The van der Waals surface area contributed by atoms with Crippen LogP contribution in [0, 0.1) is 5.92 Å². The zero-order valence-electron chi connectivity index (χ0n) is 8.07. The number of carbonyl (C=O) groups excluding carboxylic acids is 3. The fourth-order valence-electron chi connectivity index (χ4n) is 1.25. The van der Waals surface area contributed by atoms with Gasteiger partial charge in [-0.2, -0.15) is 0 Å². The number of nitrogens with zero attached hydrogens (tertiary/aromatic N) is 1. The molecule has 1 unspecified atom stereocenters. The Kier molecular flexibility index (Phi) is 3.19. The smallest absolute Gasteiger partial charge is 0.331 e. The summed E-state index contributed by atoms with van der Waals surface area (Å²) in [6.07, 6.45) is 0. The van der Waals surface area contributed by atoms with Crippen molar-refractivity contribution in [2.75, 3.05) is 20.3 Å². The average molecular weight is 200 g/mol. The minimum atomic E-state index is -0.861. The zero-order valence-corrected chi connectivity index (χ0v) is 8.07. The average Bonchev–Trinajstić information content (AvgIpc) is 2.33. The van der Waals surface area contributed by atoms with Gasteiger partial charge in [-0.1, -0.05) is 6.92 Å². The second-order valence-corrected chi connectivity index (χ2v) is 3.24. The number of ether oxygens (including phenoxy) is 1. The molecule has 0 aromatic heterocycles. The van der Waals surface area contributed by atoms with Gasteiger partial charge in [0.05, 0.1) is 6.61 Å². The predicted molar refractivity (Wildman–Crippen MR) is 46.3 cm³/mol. The molecule has 6 nitrogen and oxygen atoms in total. The molecule has 0 saturated carbocycles. The molecule has 1 rings (SSSR count). The van der Waals surface area contributed by atoms with E-state index in [1.54, 1.807) is 0 Å². The summed E-state index contributed by atoms with van der Waals surface area (Å²) in [5.41, 5.74) is 0. The van der Waals surface area contributed by atoms with E-state index in [1.165, 1.54) is 7.11 Å². The standard InChI is InChI=1S/C8H12N2O4/c1-5(4-14-2)3-10-7(12)6(11)9-8(10)13/h5H,3-4H2,1-2H3,(H,9,11,13). The summed E-state index contributed by atoms with van der Waals surface area (Å²) in [5, 5.41) is 1.92. The van der Waals surface area contributed by atoms with Crippen molar-refractivity contribution < 1.29 is 19.1 Å². The summed E-state index contributed by atoms with van der Waals surface area (Å²) in [6, 6.07) is -0.650. The van der Waals surface area contributed by atoms with Gasteiger partial charge in [0.15, 0.2) is 0 Å². The van der Waals surface area contributed by atoms with Crippen LogP contribution >= 0.6 is 0 Å². The molecule has 1 N–H and O–H groups in total. The molecule has 4 amide bonds. The normalized spacial score (nSPS) is 18.7. The van der Waals surface area contributed by atoms with Crippen LogP contribution in [0.4, 0.5) is 4.79 Å². The van der Waals surface area contributed by atoms with Gasteiger partial charge in [0.1, 0.15) is 0 Å². The Morgan fingerprint density at radius 1 is 1.43 bits per heavy atom. The highest BCUT2D eigenvalue weighted by atomic mass is 16.5. The Morgan fingerprint density at radius 2 is 2.07 bits per heavy atom. The molecule has 0 aromatic carbocycles. The van der Waals surface area contributed by atoms with Crippen LogP contribution in [-0.4, -0.2) is 43.0 Å². The van der Waals surface area contributed by atoms with E-state index < -0.39 is 17.8 Å². The highest BCUT2D eigenvalue weighted by Crippen LogP contribution is 2.05. The van der Waals surface area contributed by atoms with Crippen LogP contribution in [0.15, 0.2) is 0 Å². The first-order valence-corrected chi connectivity index (χ1v) is 4.22. The SMILES string of the molecule is COCC(C)CN1C(=O)NC(=O)C1=O. The van der Waals surface area contributed by atoms with Gasteiger partial charge in [0.25, 0.3) is 0 Å². The fourth-order valence-corrected chi connectivity index (χ4v) is 1.25. The second kappa shape index (κ2) is 4.19. The molecule has 0 spiro atoms. The molecule has 0 radical (unpaired) electrons. The summed E-state index contributed by atoms with van der Waals surface area (Å²) < 4.78 is 4.86. The van der Waals surface area contributed by atoms with E-state index in [2.05, 4.69) is 0 Å². The Morgan fingerprint density at radius 3 is 2.50 bits per heavy atom. The Bertz CT molecular complexity index is 277. The number of amides is 4. The van der Waals surface area contributed by atoms with Gasteiger partial charge >= 0.3 is 17.8 Å². The van der Waals surface area contributed by atoms with E-state index in [9.17, 15) is 14.4 Å². The first-order valence-electron chi connectivity index (χ1n) is 4.22. The maximum atomic E-state index is 11.1. The van der Waals surface area contributed by atoms with Crippen LogP contribution in [0.25, 0.3) is 0 Å². The summed E-state index contributed by atoms with van der Waals surface area (Å²) in [7, 11) is 1.54. The van der Waals surface area contributed by atoms with Crippen LogP contribution in [-0.2, 0) is 14.3 Å². The summed E-state index contributed by atoms with van der Waals surface area (Å²) >= 11 is 0. The number of nitrogens with one attached hydrogen (secondary N) is 1. The summed E-state index contributed by atoms with van der Waals surface area (Å²) in [6.45, 7) is 2.46. The highest BCUT2D eigenvalue weighted by Gasteiger charge is 2.37. The molecule has 0 aromatic rings. The van der Waals surface area contributed by atoms with Crippen LogP contribution < -0.4 is 5.32 Å². The van der Waals surface area contributed by atoms with E-state index in [0.29, 0.717) is 6.61 Å². The maximum absolute atomic E-state index is 11.1. The molecule has 1 heterocycles. The van der Waals surface area contributed by atoms with E-state index >= 15 is 0 Å². The molecule has 1 atom stereocenters. The number of methoxy groups -OCH3 is 1. The van der Waals surface area contributed by atoms with Gasteiger partial charge < -0.3 is 4.74 Å². The van der Waals surface area contributed by atoms with Gasteiger partial charge in [-0.25, -0.2) is 4.79 Å². The summed E-state index contributed by atoms with van der Waals surface area (Å²) in [5.74, 6) is -1.64. The monoisotopic (exact) mass is 200 g/mol. The molecule has 1 aliphatic rings. The largest absolute Gasteiger partial charge is 0.384 e. The van der Waals surface area contributed by atoms with Crippen molar-refractivity contribution in [1.82, 2.24) is 10.2 Å². The number of carbonyl (C=O) groups is 3. The van der Waals surface area contributed by atoms with Gasteiger partial charge in [-0.3, -0.25) is 19.8 Å². The van der Waals surface area contributed by atoms with Crippen molar-refractivity contribution in [3.63, 3.8) is 0 Å². The highest BCUT2D eigenvalue weighted by molar-refractivity contribution is 6.44. The fraction of sp³-hybridized carbons (Fsp3) is 0.625. The minimum Gasteiger partial charge on any atom is -0.384 e. The Hall–Kier alpha value is -1.43. The van der Waals surface area contributed by atoms with Crippen molar-refractivity contribution in [2.24, 2.45) is 5.92 Å². The number of imide groups is 2. The Labute approximate surface area is 81.2 Å². The van der Waals surface area contributed by atoms with Crippen LogP contribution in [0.5, 0.6) is 0 Å². The maximum Gasteiger partial charge on any atom is 0.331 e. The molecular formula is C8H12N2O4. The first-order chi connectivity index (χ1) is 6.56. The third-order valence-electron chi connectivity index (χ3n) is 1.85. The molecule has 1 saturated heterocycles. The lowest BCUT2D eigenvalue weighted by Crippen LogP contribution is -2.36. The molecule has 14 heavy (non-hydrogen) atoms. The predicted octanol–water partition coefficient (Wildman–Crippen LogP) is -0.653. The van der Waals surface area contributed by atoms with Crippen molar-refractivity contribution in [3.05, 3.63) is 0 Å². The van der Waals surface area contributed by atoms with E-state index in [4.69, 9.17) is 4.74 Å². The third kappa shape index (κ3) is 2.08. The number of urea groups is 1. The van der Waals surface area contributed by atoms with Crippen LogP contribution in [0.2, 0.25) is 0 Å². The van der Waals surface area contributed by atoms with E-state index in [-0.39, 0.29) is 12.5 Å². The van der Waals surface area contributed by atoms with Gasteiger partial charge in [0.2, 0.25) is 0 Å². The number of hydrogen-bond donors (Lipinski definition) is 1. The molecule has 1 fully saturated rings. The molecule has 78 valence electrons. The van der Waals surface area contributed by atoms with Gasteiger partial charge in [0, 0.05) is 13.7 Å². The van der Waals surface area contributed by atoms with Gasteiger partial charge in [-0.15, -0.1) is 0 Å². The van der Waals surface area contributed by atoms with E-state index in [0.717, 1.165) is 4.90 Å². The van der Waals surface area contributed by atoms with Gasteiger partial charge in [-0.05, 0) is 5.92 Å². The molecule has 0 aliphatic carbocycles. The zero-order chi connectivity index (χ0) is 10.7. The van der Waals surface area contributed by atoms with Crippen LogP contribution in [0.3, 0.4) is 0 Å². The lowest BCUT2D eigenvalue weighted by molar-refractivity contribution is -0.140. The van der Waals surface area contributed by atoms with Crippen molar-refractivity contribution in [1.29, 1.82) is 0 Å². The number of hydrogen-bond acceptors (Lipinski definition) is 4. The molecule has 1 aliphatic heterocycles. The minimum absolute atomic E-state index is 0.0144. The van der Waals surface area contributed by atoms with Crippen molar-refractivity contribution >= 4 is 17.8 Å². The molecular weight excluding hydrogens is 188 g/mol. The van der Waals surface area contributed by atoms with Crippen molar-refractivity contribution in [3.8, 4) is 0 Å². The Balaban J connectivity index is 2.56. The van der Waals surface area contributed by atoms with E-state index in [1.807, 2.05) is 12.2 Å². The summed E-state index contributed by atoms with van der Waals surface area (Å²) in [4.78, 5) is 33.8. The third-order valence-corrected chi connectivity index (χ3v) is 1.85. The van der Waals surface area contributed by atoms with Crippen molar-refractivity contribution in [2.45, 2.75) is 6.92 Å². The van der Waals surface area contributed by atoms with Crippen LogP contribution in [0.1, 0.15) is 6.92 Å². The second-order valence-electron chi connectivity index (χ2n) is 3.24. The lowest BCUT2D eigenvalue weighted by atomic mass is 10.2. The molecule has 6 heteroatoms. The first kappa shape index (κ1) is 10.6. The lowest BCUT2D eigenvalue weighted by Gasteiger charge is -2.16. The topological polar surface area (TPSA) is 75.7 Å². The molecule has 0 bridgehead atoms. The number of rotatable bonds is 4.